The second kappa shape index (κ2) is 10.8. The van der Waals surface area contributed by atoms with Crippen molar-refractivity contribution >= 4 is 17.6 Å². The van der Waals surface area contributed by atoms with E-state index in [-0.39, 0.29) is 30.3 Å². The van der Waals surface area contributed by atoms with Crippen LogP contribution in [-0.2, 0) is 17.8 Å². The summed E-state index contributed by atoms with van der Waals surface area (Å²) in [5.74, 6) is -0.993. The summed E-state index contributed by atoms with van der Waals surface area (Å²) >= 11 is 6.44. The minimum absolute atomic E-state index is 0.115. The summed E-state index contributed by atoms with van der Waals surface area (Å²) < 4.78 is 11.4. The number of aromatic nitrogens is 2. The lowest BCUT2D eigenvalue weighted by Crippen LogP contribution is -2.25. The van der Waals surface area contributed by atoms with Crippen LogP contribution in [0.2, 0.25) is 5.02 Å². The number of aromatic hydroxyl groups is 1. The highest BCUT2D eigenvalue weighted by Crippen LogP contribution is 2.33. The molecular weight excluding hydrogens is 476 g/mol. The molecule has 1 N–H and O–H groups in total. The normalized spacial score (nSPS) is 11.2. The zero-order valence-corrected chi connectivity index (χ0v) is 21.1. The molecule has 0 saturated heterocycles. The molecule has 6 nitrogen and oxygen atoms in total. The highest BCUT2D eigenvalue weighted by atomic mass is 35.5. The third-order valence-corrected chi connectivity index (χ3v) is 5.57. The van der Waals surface area contributed by atoms with Crippen LogP contribution in [0.5, 0.6) is 11.6 Å². The smallest absolute Gasteiger partial charge is 0.361 e. The van der Waals surface area contributed by atoms with E-state index in [1.165, 1.54) is 0 Å². The van der Waals surface area contributed by atoms with Gasteiger partial charge in [-0.3, -0.25) is 0 Å². The summed E-state index contributed by atoms with van der Waals surface area (Å²) in [6, 6.07) is 24.7. The monoisotopic (exact) mass is 502 g/mol. The van der Waals surface area contributed by atoms with E-state index in [0.717, 1.165) is 22.3 Å². The molecule has 7 heteroatoms. The lowest BCUT2D eigenvalue weighted by atomic mass is 9.97. The quantitative estimate of drug-likeness (QED) is 0.286. The fraction of sp³-hybridized carbons (Fsp3) is 0.207. The average molecular weight is 503 g/mol. The van der Waals surface area contributed by atoms with E-state index in [1.807, 2.05) is 78.9 Å². The fourth-order valence-electron chi connectivity index (χ4n) is 3.68. The minimum atomic E-state index is -0.759. The molecule has 0 unspecified atom stereocenters. The van der Waals surface area contributed by atoms with Gasteiger partial charge in [0.05, 0.1) is 0 Å². The number of hydrogen-bond donors (Lipinski definition) is 1. The summed E-state index contributed by atoms with van der Waals surface area (Å²) in [5.41, 5.74) is 2.65. The predicted molar refractivity (Wildman–Crippen MR) is 139 cm³/mol. The molecular formula is C29H27ClN2O4. The van der Waals surface area contributed by atoms with Gasteiger partial charge in [0.1, 0.15) is 18.0 Å². The van der Waals surface area contributed by atoms with Crippen LogP contribution < -0.4 is 4.74 Å². The van der Waals surface area contributed by atoms with Gasteiger partial charge in [0.15, 0.2) is 5.69 Å². The Bertz CT molecular complexity index is 1370. The molecule has 0 aliphatic heterocycles. The van der Waals surface area contributed by atoms with Gasteiger partial charge in [-0.05, 0) is 43.5 Å². The zero-order valence-electron chi connectivity index (χ0n) is 20.4. The van der Waals surface area contributed by atoms with Crippen LogP contribution >= 0.6 is 11.6 Å². The Hall–Kier alpha value is -3.90. The van der Waals surface area contributed by atoms with Crippen molar-refractivity contribution in [3.05, 3.63) is 107 Å². The van der Waals surface area contributed by atoms with Crippen molar-refractivity contribution < 1.29 is 19.4 Å². The first-order valence-electron chi connectivity index (χ1n) is 11.5. The maximum absolute atomic E-state index is 13.1. The Labute approximate surface area is 215 Å². The summed E-state index contributed by atoms with van der Waals surface area (Å²) in [6.45, 7) is 5.41. The van der Waals surface area contributed by atoms with Gasteiger partial charge in [-0.15, -0.1) is 0 Å². The molecule has 0 spiro atoms. The molecule has 0 radical (unpaired) electrons. The molecule has 1 aromatic heterocycles. The molecule has 184 valence electrons. The van der Waals surface area contributed by atoms with Gasteiger partial charge in [0.2, 0.25) is 5.75 Å². The number of ether oxygens (including phenoxy) is 2. The largest absolute Gasteiger partial charge is 0.491 e. The van der Waals surface area contributed by atoms with Crippen LogP contribution in [0.15, 0.2) is 78.9 Å². The summed E-state index contributed by atoms with van der Waals surface area (Å²) in [5, 5.41) is 11.4. The Morgan fingerprint density at radius 1 is 0.889 bits per heavy atom. The van der Waals surface area contributed by atoms with E-state index in [2.05, 4.69) is 9.97 Å². The Morgan fingerprint density at radius 3 is 2.22 bits per heavy atom. The maximum atomic E-state index is 13.1. The van der Waals surface area contributed by atoms with Crippen molar-refractivity contribution in [3.63, 3.8) is 0 Å². The van der Waals surface area contributed by atoms with E-state index in [4.69, 9.17) is 21.1 Å². The maximum Gasteiger partial charge on any atom is 0.361 e. The molecule has 0 bridgehead atoms. The molecule has 0 amide bonds. The van der Waals surface area contributed by atoms with Gasteiger partial charge >= 0.3 is 5.97 Å². The lowest BCUT2D eigenvalue weighted by molar-refractivity contribution is 0.00566. The summed E-state index contributed by atoms with van der Waals surface area (Å²) in [6.07, 6.45) is 0.254. The van der Waals surface area contributed by atoms with Crippen molar-refractivity contribution in [2.45, 2.75) is 39.4 Å². The SMILES string of the molecule is CC(C)(C)OC(=O)c1nc(Cc2ccccc2-c2ccccc2Cl)nc(O)c1OCc1ccccc1. The van der Waals surface area contributed by atoms with Crippen molar-refractivity contribution in [2.24, 2.45) is 0 Å². The number of carbonyl (C=O) groups excluding carboxylic acids is 1. The Kier molecular flexibility index (Phi) is 7.55. The zero-order chi connectivity index (χ0) is 25.7. The minimum Gasteiger partial charge on any atom is -0.491 e. The molecule has 3 aromatic carbocycles. The van der Waals surface area contributed by atoms with Crippen LogP contribution in [0.4, 0.5) is 0 Å². The van der Waals surface area contributed by atoms with Gasteiger partial charge in [0, 0.05) is 17.0 Å². The van der Waals surface area contributed by atoms with E-state index in [9.17, 15) is 9.90 Å². The first-order valence-corrected chi connectivity index (χ1v) is 11.9. The van der Waals surface area contributed by atoms with Crippen molar-refractivity contribution in [1.82, 2.24) is 9.97 Å². The third kappa shape index (κ3) is 6.20. The molecule has 0 aliphatic rings. The van der Waals surface area contributed by atoms with Crippen LogP contribution in [0, 0.1) is 0 Å². The van der Waals surface area contributed by atoms with Crippen LogP contribution in [-0.4, -0.2) is 26.6 Å². The standard InChI is InChI=1S/C29H27ClN2O4/c1-29(2,3)36-28(34)25-26(35-18-19-11-5-4-6-12-19)27(33)32-24(31-25)17-20-13-7-8-14-21(20)22-15-9-10-16-23(22)30/h4-16H,17-18H2,1-3H3,(H,31,32,33). The topological polar surface area (TPSA) is 81.5 Å². The number of benzene rings is 3. The molecule has 0 saturated carbocycles. The van der Waals surface area contributed by atoms with Gasteiger partial charge in [-0.1, -0.05) is 84.4 Å². The van der Waals surface area contributed by atoms with Gasteiger partial charge in [-0.25, -0.2) is 9.78 Å². The van der Waals surface area contributed by atoms with Crippen molar-refractivity contribution in [2.75, 3.05) is 0 Å². The molecule has 0 atom stereocenters. The summed E-state index contributed by atoms with van der Waals surface area (Å²) in [7, 11) is 0. The first kappa shape index (κ1) is 25.2. The van der Waals surface area contributed by atoms with E-state index >= 15 is 0 Å². The third-order valence-electron chi connectivity index (χ3n) is 5.24. The second-order valence-electron chi connectivity index (χ2n) is 9.23. The predicted octanol–water partition coefficient (Wildman–Crippen LogP) is 6.63. The number of rotatable bonds is 7. The highest BCUT2D eigenvalue weighted by molar-refractivity contribution is 6.33. The summed E-state index contributed by atoms with van der Waals surface area (Å²) in [4.78, 5) is 21.8. The molecule has 4 aromatic rings. The van der Waals surface area contributed by atoms with Gasteiger partial charge < -0.3 is 14.6 Å². The number of esters is 1. The molecule has 1 heterocycles. The van der Waals surface area contributed by atoms with Gasteiger partial charge in [-0.2, -0.15) is 4.98 Å². The van der Waals surface area contributed by atoms with E-state index in [1.54, 1.807) is 20.8 Å². The van der Waals surface area contributed by atoms with Crippen molar-refractivity contribution in [1.29, 1.82) is 0 Å². The Balaban J connectivity index is 1.71. The van der Waals surface area contributed by atoms with Crippen molar-refractivity contribution in [3.8, 4) is 22.8 Å². The second-order valence-corrected chi connectivity index (χ2v) is 9.64. The van der Waals surface area contributed by atoms with Gasteiger partial charge in [0.25, 0.3) is 5.88 Å². The highest BCUT2D eigenvalue weighted by Gasteiger charge is 2.27. The van der Waals surface area contributed by atoms with Crippen LogP contribution in [0.1, 0.15) is 48.2 Å². The molecule has 36 heavy (non-hydrogen) atoms. The average Bonchev–Trinajstić information content (AvgIpc) is 2.83. The Morgan fingerprint density at radius 2 is 1.53 bits per heavy atom. The first-order chi connectivity index (χ1) is 17.2. The number of nitrogens with zero attached hydrogens (tertiary/aromatic N) is 2. The van der Waals surface area contributed by atoms with Crippen LogP contribution in [0.3, 0.4) is 0 Å². The van der Waals surface area contributed by atoms with Crippen LogP contribution in [0.25, 0.3) is 11.1 Å². The van der Waals surface area contributed by atoms with E-state index in [0.29, 0.717) is 5.02 Å². The lowest BCUT2D eigenvalue weighted by Gasteiger charge is -2.20. The molecule has 0 aliphatic carbocycles. The molecule has 4 rings (SSSR count). The number of hydrogen-bond acceptors (Lipinski definition) is 6. The molecule has 0 fully saturated rings. The number of halogens is 1. The van der Waals surface area contributed by atoms with E-state index < -0.39 is 17.5 Å². The number of carbonyl (C=O) groups is 1. The fourth-order valence-corrected chi connectivity index (χ4v) is 3.91.